The molecule has 1 saturated heterocycles. The highest BCUT2D eigenvalue weighted by Gasteiger charge is 2.30. The number of rotatable bonds is 5. The van der Waals surface area contributed by atoms with Crippen molar-refractivity contribution in [2.24, 2.45) is 0 Å². The summed E-state index contributed by atoms with van der Waals surface area (Å²) in [7, 11) is 3.42. The SMILES string of the molecule is CC.CN(C)C(=O)c1cnn2c1CCC(NC(=O)c1cnn3ccc(N4CCCC4c4cc(F)ccc4F)cc13)C2. The standard InChI is InChI=1S/C28H29F2N7O2.C2H6/c1-34(2)28(39)22-15-32-37-16-18(6-8-25(22)37)33-27(38)21-14-31-36-11-9-19(13-26(21)36)35-10-3-4-24(35)20-12-17(29)5-7-23(20)30;1-2/h5,7,9,11-15,18,24H,3-4,6,8,10,16H2,1-2H3,(H,33,38);1-2H3. The Kier molecular flexibility index (Phi) is 8.05. The van der Waals surface area contributed by atoms with Crippen LogP contribution < -0.4 is 10.2 Å². The number of carbonyl (C=O) groups excluding carboxylic acids is 2. The van der Waals surface area contributed by atoms with E-state index in [9.17, 15) is 18.4 Å². The van der Waals surface area contributed by atoms with Crippen LogP contribution in [0.3, 0.4) is 0 Å². The topological polar surface area (TPSA) is 87.8 Å². The maximum atomic E-state index is 14.6. The Bertz CT molecular complexity index is 1580. The molecule has 6 rings (SSSR count). The van der Waals surface area contributed by atoms with Crippen LogP contribution in [0, 0.1) is 11.6 Å². The van der Waals surface area contributed by atoms with E-state index in [0.29, 0.717) is 54.6 Å². The summed E-state index contributed by atoms with van der Waals surface area (Å²) < 4.78 is 31.9. The number of fused-ring (bicyclic) bond motifs is 2. The lowest BCUT2D eigenvalue weighted by Crippen LogP contribution is -2.41. The maximum Gasteiger partial charge on any atom is 0.256 e. The quantitative estimate of drug-likeness (QED) is 0.383. The highest BCUT2D eigenvalue weighted by Crippen LogP contribution is 2.38. The van der Waals surface area contributed by atoms with Gasteiger partial charge in [0, 0.05) is 44.1 Å². The van der Waals surface area contributed by atoms with Gasteiger partial charge in [-0.2, -0.15) is 10.2 Å². The van der Waals surface area contributed by atoms with E-state index in [1.54, 1.807) is 35.7 Å². The fourth-order valence-electron chi connectivity index (χ4n) is 5.74. The molecule has 2 unspecified atom stereocenters. The maximum absolute atomic E-state index is 14.6. The molecule has 11 heteroatoms. The highest BCUT2D eigenvalue weighted by molar-refractivity contribution is 6.01. The van der Waals surface area contributed by atoms with Crippen LogP contribution in [0.5, 0.6) is 0 Å². The zero-order valence-corrected chi connectivity index (χ0v) is 23.8. The van der Waals surface area contributed by atoms with Crippen molar-refractivity contribution in [2.45, 2.75) is 58.2 Å². The Morgan fingerprint density at radius 2 is 1.80 bits per heavy atom. The van der Waals surface area contributed by atoms with Crippen LogP contribution in [0.1, 0.15) is 71.1 Å². The van der Waals surface area contributed by atoms with E-state index in [0.717, 1.165) is 23.9 Å². The van der Waals surface area contributed by atoms with E-state index in [2.05, 4.69) is 20.4 Å². The van der Waals surface area contributed by atoms with Gasteiger partial charge >= 0.3 is 0 Å². The molecular weight excluding hydrogens is 528 g/mol. The van der Waals surface area contributed by atoms with Crippen molar-refractivity contribution in [1.29, 1.82) is 0 Å². The molecule has 2 aliphatic rings. The van der Waals surface area contributed by atoms with Gasteiger partial charge in [0.05, 0.1) is 47.3 Å². The van der Waals surface area contributed by atoms with Gasteiger partial charge < -0.3 is 15.1 Å². The minimum Gasteiger partial charge on any atom is -0.364 e. The van der Waals surface area contributed by atoms with Gasteiger partial charge in [-0.25, -0.2) is 13.3 Å². The number of carbonyl (C=O) groups is 2. The lowest BCUT2D eigenvalue weighted by Gasteiger charge is -2.28. The van der Waals surface area contributed by atoms with Crippen molar-refractivity contribution in [1.82, 2.24) is 29.6 Å². The van der Waals surface area contributed by atoms with Crippen LogP contribution in [0.15, 0.2) is 48.9 Å². The molecule has 1 fully saturated rings. The molecular formula is C30H35F2N7O2. The van der Waals surface area contributed by atoms with Gasteiger partial charge in [0.1, 0.15) is 11.6 Å². The number of hydrogen-bond donors (Lipinski definition) is 1. The zero-order valence-electron chi connectivity index (χ0n) is 23.8. The van der Waals surface area contributed by atoms with Gasteiger partial charge in [-0.05, 0) is 56.0 Å². The van der Waals surface area contributed by atoms with Crippen molar-refractivity contribution in [3.63, 3.8) is 0 Å². The Balaban J connectivity index is 0.00000165. The average Bonchev–Trinajstić information content (AvgIpc) is 3.72. The van der Waals surface area contributed by atoms with Crippen LogP contribution in [-0.4, -0.2) is 62.8 Å². The van der Waals surface area contributed by atoms with Crippen LogP contribution in [0.25, 0.3) is 5.52 Å². The second kappa shape index (κ2) is 11.7. The Labute approximate surface area is 237 Å². The van der Waals surface area contributed by atoms with Gasteiger partial charge in [-0.1, -0.05) is 13.8 Å². The van der Waals surface area contributed by atoms with Crippen LogP contribution in [-0.2, 0) is 13.0 Å². The van der Waals surface area contributed by atoms with E-state index < -0.39 is 11.6 Å². The lowest BCUT2D eigenvalue weighted by atomic mass is 10.0. The summed E-state index contributed by atoms with van der Waals surface area (Å²) in [4.78, 5) is 29.4. The van der Waals surface area contributed by atoms with E-state index in [1.807, 2.05) is 26.0 Å². The second-order valence-corrected chi connectivity index (χ2v) is 10.4. The molecule has 0 spiro atoms. The molecule has 1 aromatic carbocycles. The molecule has 0 saturated carbocycles. The number of hydrogen-bond acceptors (Lipinski definition) is 5. The van der Waals surface area contributed by atoms with Gasteiger partial charge in [0.15, 0.2) is 0 Å². The molecule has 41 heavy (non-hydrogen) atoms. The molecule has 2 amide bonds. The van der Waals surface area contributed by atoms with Gasteiger partial charge in [-0.15, -0.1) is 0 Å². The van der Waals surface area contributed by atoms with Crippen molar-refractivity contribution < 1.29 is 18.4 Å². The number of anilines is 1. The average molecular weight is 564 g/mol. The highest BCUT2D eigenvalue weighted by atomic mass is 19.1. The first kappa shape index (κ1) is 28.3. The van der Waals surface area contributed by atoms with E-state index in [-0.39, 0.29) is 23.9 Å². The summed E-state index contributed by atoms with van der Waals surface area (Å²) in [6.07, 6.45) is 7.78. The molecule has 9 nitrogen and oxygen atoms in total. The molecule has 3 aromatic heterocycles. The Morgan fingerprint density at radius 3 is 2.59 bits per heavy atom. The molecule has 4 aromatic rings. The Morgan fingerprint density at radius 1 is 1.02 bits per heavy atom. The fourth-order valence-corrected chi connectivity index (χ4v) is 5.74. The molecule has 2 atom stereocenters. The summed E-state index contributed by atoms with van der Waals surface area (Å²) >= 11 is 0. The molecule has 0 radical (unpaired) electrons. The van der Waals surface area contributed by atoms with Crippen LogP contribution in [0.2, 0.25) is 0 Å². The molecule has 216 valence electrons. The number of halogens is 2. The summed E-state index contributed by atoms with van der Waals surface area (Å²) in [6, 6.07) is 6.88. The van der Waals surface area contributed by atoms with Crippen molar-refractivity contribution in [2.75, 3.05) is 25.5 Å². The van der Waals surface area contributed by atoms with Crippen LogP contribution in [0.4, 0.5) is 14.5 Å². The predicted molar refractivity (Wildman–Crippen MR) is 152 cm³/mol. The zero-order chi connectivity index (χ0) is 29.3. The summed E-state index contributed by atoms with van der Waals surface area (Å²) in [5.74, 6) is -1.22. The predicted octanol–water partition coefficient (Wildman–Crippen LogP) is 4.62. The summed E-state index contributed by atoms with van der Waals surface area (Å²) in [5.41, 5.74) is 3.70. The Hall–Kier alpha value is -4.28. The number of nitrogens with one attached hydrogen (secondary N) is 1. The van der Waals surface area contributed by atoms with E-state index >= 15 is 0 Å². The third-order valence-electron chi connectivity index (χ3n) is 7.69. The largest absolute Gasteiger partial charge is 0.364 e. The lowest BCUT2D eigenvalue weighted by molar-refractivity contribution is 0.0824. The molecule has 0 bridgehead atoms. The van der Waals surface area contributed by atoms with Gasteiger partial charge in [0.2, 0.25) is 0 Å². The van der Waals surface area contributed by atoms with Crippen molar-refractivity contribution in [3.05, 3.63) is 82.9 Å². The molecule has 2 aliphatic heterocycles. The minimum absolute atomic E-state index is 0.0822. The monoisotopic (exact) mass is 563 g/mol. The third kappa shape index (κ3) is 5.40. The van der Waals surface area contributed by atoms with Gasteiger partial charge in [-0.3, -0.25) is 14.3 Å². The number of nitrogens with zero attached hydrogens (tertiary/aromatic N) is 6. The minimum atomic E-state index is -0.464. The van der Waals surface area contributed by atoms with E-state index in [4.69, 9.17) is 0 Å². The first-order chi connectivity index (χ1) is 19.8. The fraction of sp³-hybridized carbons (Fsp3) is 0.400. The first-order valence-corrected chi connectivity index (χ1v) is 14.1. The van der Waals surface area contributed by atoms with Crippen LogP contribution >= 0.6 is 0 Å². The summed E-state index contributed by atoms with van der Waals surface area (Å²) in [5, 5.41) is 11.8. The number of amides is 2. The smallest absolute Gasteiger partial charge is 0.256 e. The second-order valence-electron chi connectivity index (χ2n) is 10.4. The third-order valence-corrected chi connectivity index (χ3v) is 7.69. The summed E-state index contributed by atoms with van der Waals surface area (Å²) in [6.45, 7) is 5.17. The number of aromatic nitrogens is 4. The molecule has 1 N–H and O–H groups in total. The van der Waals surface area contributed by atoms with Gasteiger partial charge in [0.25, 0.3) is 11.8 Å². The molecule has 5 heterocycles. The van der Waals surface area contributed by atoms with Crippen molar-refractivity contribution >= 4 is 23.0 Å². The first-order valence-electron chi connectivity index (χ1n) is 14.1. The number of benzene rings is 1. The van der Waals surface area contributed by atoms with Crippen molar-refractivity contribution in [3.8, 4) is 0 Å². The normalized spacial score (nSPS) is 18.0. The van der Waals surface area contributed by atoms with E-state index in [1.165, 1.54) is 23.2 Å². The number of pyridine rings is 1. The molecule has 0 aliphatic carbocycles.